The quantitative estimate of drug-likeness (QED) is 0.119. The molecule has 0 amide bonds. The van der Waals surface area contributed by atoms with Gasteiger partial charge in [-0.25, -0.2) is 0 Å². The van der Waals surface area contributed by atoms with Crippen LogP contribution in [-0.2, 0) is 35.2 Å². The first kappa shape index (κ1) is 42.8. The Bertz CT molecular complexity index is 1730. The standard InChI is InChI=1S/C48H56F6O3/c1-31-5-15-37(16-6-31)39-19-9-33(10-20-39)25-41-27-35(29-45(55-3)47(49,50)51)13-23-43(41)57-44-24-14-36(30-46(56-4)48(52,53)54)28-42(44)26-34-11-21-40(22-12-34)38-17-7-32(2)8-18-38/h9-14,19-24,27-28,31-32,37-38,45-46H,5-8,15-18,25-26,29-30H2,1-4H3. The Kier molecular flexibility index (Phi) is 14.1. The molecule has 2 fully saturated rings. The molecule has 2 unspecified atom stereocenters. The van der Waals surface area contributed by atoms with E-state index in [-0.39, 0.29) is 12.8 Å². The van der Waals surface area contributed by atoms with E-state index in [9.17, 15) is 26.3 Å². The Morgan fingerprint density at radius 1 is 0.491 bits per heavy atom. The van der Waals surface area contributed by atoms with E-state index in [4.69, 9.17) is 14.2 Å². The number of hydrogen-bond acceptors (Lipinski definition) is 3. The molecule has 57 heavy (non-hydrogen) atoms. The van der Waals surface area contributed by atoms with Crippen LogP contribution in [0.4, 0.5) is 26.3 Å². The lowest BCUT2D eigenvalue weighted by Gasteiger charge is -2.26. The Morgan fingerprint density at radius 2 is 0.825 bits per heavy atom. The average Bonchev–Trinajstić information content (AvgIpc) is 3.18. The van der Waals surface area contributed by atoms with Gasteiger partial charge in [-0.2, -0.15) is 26.3 Å². The molecule has 2 saturated carbocycles. The number of hydrogen-bond donors (Lipinski definition) is 0. The minimum absolute atomic E-state index is 0.359. The van der Waals surface area contributed by atoms with Gasteiger partial charge in [0.05, 0.1) is 0 Å². The number of methoxy groups -OCH3 is 2. The van der Waals surface area contributed by atoms with E-state index in [1.165, 1.54) is 36.8 Å². The molecule has 3 nitrogen and oxygen atoms in total. The molecule has 0 spiro atoms. The van der Waals surface area contributed by atoms with Gasteiger partial charge in [-0.15, -0.1) is 0 Å². The van der Waals surface area contributed by atoms with Crippen LogP contribution < -0.4 is 4.74 Å². The van der Waals surface area contributed by atoms with Gasteiger partial charge >= 0.3 is 12.4 Å². The van der Waals surface area contributed by atoms with Crippen LogP contribution in [0.25, 0.3) is 0 Å². The monoisotopic (exact) mass is 794 g/mol. The van der Waals surface area contributed by atoms with Gasteiger partial charge < -0.3 is 14.2 Å². The van der Waals surface area contributed by atoms with Crippen molar-refractivity contribution in [3.05, 3.63) is 129 Å². The average molecular weight is 795 g/mol. The van der Waals surface area contributed by atoms with E-state index in [0.29, 0.717) is 58.4 Å². The van der Waals surface area contributed by atoms with Crippen LogP contribution in [0.2, 0.25) is 0 Å². The molecule has 0 N–H and O–H groups in total. The Labute approximate surface area is 334 Å². The molecule has 0 heterocycles. The van der Waals surface area contributed by atoms with Gasteiger partial charge in [0.25, 0.3) is 0 Å². The van der Waals surface area contributed by atoms with E-state index in [1.807, 2.05) is 0 Å². The Balaban J connectivity index is 1.31. The predicted octanol–water partition coefficient (Wildman–Crippen LogP) is 13.5. The minimum Gasteiger partial charge on any atom is -0.457 e. The third-order valence-electron chi connectivity index (χ3n) is 12.3. The fourth-order valence-corrected chi connectivity index (χ4v) is 8.65. The Morgan fingerprint density at radius 3 is 1.14 bits per heavy atom. The van der Waals surface area contributed by atoms with E-state index < -0.39 is 24.6 Å². The third kappa shape index (κ3) is 11.7. The van der Waals surface area contributed by atoms with Crippen LogP contribution in [0.3, 0.4) is 0 Å². The first-order valence-electron chi connectivity index (χ1n) is 20.5. The van der Waals surface area contributed by atoms with Gasteiger partial charge in [-0.05, 0) is 106 Å². The summed E-state index contributed by atoms with van der Waals surface area (Å²) >= 11 is 0. The number of halogens is 6. The van der Waals surface area contributed by atoms with Crippen LogP contribution in [0.1, 0.15) is 122 Å². The molecular weight excluding hydrogens is 739 g/mol. The van der Waals surface area contributed by atoms with Gasteiger partial charge in [-0.1, -0.05) is 112 Å². The lowest BCUT2D eigenvalue weighted by molar-refractivity contribution is -0.212. The zero-order valence-corrected chi connectivity index (χ0v) is 33.5. The summed E-state index contributed by atoms with van der Waals surface area (Å²) in [6, 6.07) is 27.1. The SMILES string of the molecule is COC(Cc1ccc(Oc2ccc(CC(OC)C(F)(F)F)cc2Cc2ccc(C3CCC(C)CC3)cc2)c(Cc2ccc(C3CCC(C)CC3)cc2)c1)C(F)(F)F. The fraction of sp³-hybridized carbons (Fsp3) is 0.500. The first-order chi connectivity index (χ1) is 27.2. The molecule has 6 rings (SSSR count). The molecule has 0 aliphatic heterocycles. The maximum absolute atomic E-state index is 13.8. The molecule has 2 aliphatic carbocycles. The largest absolute Gasteiger partial charge is 0.457 e. The summed E-state index contributed by atoms with van der Waals surface area (Å²) < 4.78 is 98.9. The highest BCUT2D eigenvalue weighted by atomic mass is 19.4. The summed E-state index contributed by atoms with van der Waals surface area (Å²) in [5.74, 6) is 3.47. The first-order valence-corrected chi connectivity index (χ1v) is 20.5. The second-order valence-corrected chi connectivity index (χ2v) is 16.7. The summed E-state index contributed by atoms with van der Waals surface area (Å²) in [5.41, 5.74) is 6.89. The smallest absolute Gasteiger partial charge is 0.414 e. The van der Waals surface area contributed by atoms with E-state index in [1.54, 1.807) is 36.4 Å². The Hall–Kier alpha value is -3.82. The summed E-state index contributed by atoms with van der Waals surface area (Å²) in [6.45, 7) is 4.60. The van der Waals surface area contributed by atoms with Crippen molar-refractivity contribution in [1.82, 2.24) is 0 Å². The number of alkyl halides is 6. The topological polar surface area (TPSA) is 27.7 Å². The van der Waals surface area contributed by atoms with Crippen molar-refractivity contribution in [1.29, 1.82) is 0 Å². The molecule has 9 heteroatoms. The predicted molar refractivity (Wildman–Crippen MR) is 213 cm³/mol. The molecule has 308 valence electrons. The second-order valence-electron chi connectivity index (χ2n) is 16.7. The van der Waals surface area contributed by atoms with Crippen LogP contribution >= 0.6 is 0 Å². The second kappa shape index (κ2) is 18.8. The lowest BCUT2D eigenvalue weighted by Crippen LogP contribution is -2.32. The van der Waals surface area contributed by atoms with Gasteiger partial charge in [0, 0.05) is 39.9 Å². The maximum atomic E-state index is 13.8. The molecule has 0 radical (unpaired) electrons. The van der Waals surface area contributed by atoms with Crippen molar-refractivity contribution in [2.24, 2.45) is 11.8 Å². The zero-order chi connectivity index (χ0) is 40.7. The van der Waals surface area contributed by atoms with Crippen molar-refractivity contribution < 1.29 is 40.6 Å². The van der Waals surface area contributed by atoms with Gasteiger partial charge in [0.2, 0.25) is 0 Å². The van der Waals surface area contributed by atoms with Crippen molar-refractivity contribution in [2.75, 3.05) is 14.2 Å². The van der Waals surface area contributed by atoms with Crippen molar-refractivity contribution in [3.63, 3.8) is 0 Å². The molecule has 0 bridgehead atoms. The molecule has 0 aromatic heterocycles. The maximum Gasteiger partial charge on any atom is 0.414 e. The van der Waals surface area contributed by atoms with E-state index >= 15 is 0 Å². The molecule has 2 aliphatic rings. The van der Waals surface area contributed by atoms with Gasteiger partial charge in [-0.3, -0.25) is 0 Å². The van der Waals surface area contributed by atoms with E-state index in [0.717, 1.165) is 62.9 Å². The van der Waals surface area contributed by atoms with Crippen LogP contribution in [0.5, 0.6) is 11.5 Å². The summed E-state index contributed by atoms with van der Waals surface area (Å²) in [4.78, 5) is 0. The van der Waals surface area contributed by atoms with Crippen LogP contribution in [-0.4, -0.2) is 38.8 Å². The van der Waals surface area contributed by atoms with Crippen LogP contribution in [0, 0.1) is 11.8 Å². The zero-order valence-electron chi connectivity index (χ0n) is 33.5. The summed E-state index contributed by atoms with van der Waals surface area (Å²) in [7, 11) is 2.12. The van der Waals surface area contributed by atoms with Crippen molar-refractivity contribution >= 4 is 0 Å². The third-order valence-corrected chi connectivity index (χ3v) is 12.3. The minimum atomic E-state index is -4.53. The summed E-state index contributed by atoms with van der Waals surface area (Å²) in [5, 5.41) is 0. The van der Waals surface area contributed by atoms with Gasteiger partial charge in [0.15, 0.2) is 12.2 Å². The lowest BCUT2D eigenvalue weighted by atomic mass is 9.79. The number of ether oxygens (including phenoxy) is 3. The molecule has 2 atom stereocenters. The number of rotatable bonds is 14. The molecule has 4 aromatic rings. The fourth-order valence-electron chi connectivity index (χ4n) is 8.65. The highest BCUT2D eigenvalue weighted by Gasteiger charge is 2.41. The van der Waals surface area contributed by atoms with Gasteiger partial charge in [0.1, 0.15) is 11.5 Å². The van der Waals surface area contributed by atoms with E-state index in [2.05, 4.69) is 62.4 Å². The number of benzene rings is 4. The molecule has 0 saturated heterocycles. The highest BCUT2D eigenvalue weighted by Crippen LogP contribution is 2.39. The molecule has 4 aromatic carbocycles. The van der Waals surface area contributed by atoms with Crippen molar-refractivity contribution in [2.45, 2.75) is 127 Å². The van der Waals surface area contributed by atoms with Crippen molar-refractivity contribution in [3.8, 4) is 11.5 Å². The highest BCUT2D eigenvalue weighted by molar-refractivity contribution is 5.48. The normalized spacial score (nSPS) is 21.6. The van der Waals surface area contributed by atoms with Crippen LogP contribution in [0.15, 0.2) is 84.9 Å². The molecular formula is C48H56F6O3. The summed E-state index contributed by atoms with van der Waals surface area (Å²) in [6.07, 6.45) is -3.41.